The van der Waals surface area contributed by atoms with E-state index in [0.29, 0.717) is 0 Å². The molecule has 0 unspecified atom stereocenters. The molecule has 0 atom stereocenters. The van der Waals surface area contributed by atoms with Gasteiger partial charge in [-0.1, -0.05) is 36.0 Å². The van der Waals surface area contributed by atoms with Crippen molar-refractivity contribution in [3.05, 3.63) is 72.1 Å². The average molecular weight is 351 g/mol. The van der Waals surface area contributed by atoms with Crippen LogP contribution in [0.15, 0.2) is 71.6 Å². The van der Waals surface area contributed by atoms with E-state index in [1.807, 2.05) is 53.1 Å². The lowest BCUT2D eigenvalue weighted by molar-refractivity contribution is 0.883. The van der Waals surface area contributed by atoms with Crippen LogP contribution in [-0.2, 0) is 5.75 Å². The monoisotopic (exact) mass is 351 g/mol. The number of thioether (sulfide) groups is 1. The quantitative estimate of drug-likeness (QED) is 0.507. The first-order valence-corrected chi connectivity index (χ1v) is 9.21. The molecule has 0 radical (unpaired) electrons. The van der Waals surface area contributed by atoms with E-state index in [0.717, 1.165) is 33.0 Å². The molecule has 0 bridgehead atoms. The zero-order chi connectivity index (χ0) is 16.2. The van der Waals surface area contributed by atoms with Crippen LogP contribution in [0, 0.1) is 0 Å². The van der Waals surface area contributed by atoms with Gasteiger partial charge in [-0.05, 0) is 24.3 Å². The molecular formula is C17H13N5S2. The molecule has 0 fully saturated rings. The molecule has 4 rings (SSSR count). The van der Waals surface area contributed by atoms with E-state index in [1.54, 1.807) is 35.6 Å². The zero-order valence-electron chi connectivity index (χ0n) is 12.6. The minimum Gasteiger partial charge on any atom is -0.277 e. The molecule has 0 amide bonds. The van der Waals surface area contributed by atoms with Crippen molar-refractivity contribution < 1.29 is 0 Å². The number of rotatable bonds is 5. The molecule has 4 aromatic rings. The molecule has 0 N–H and O–H groups in total. The van der Waals surface area contributed by atoms with Crippen LogP contribution in [0.25, 0.3) is 16.4 Å². The second-order valence-electron chi connectivity index (χ2n) is 4.97. The van der Waals surface area contributed by atoms with Crippen LogP contribution in [0.4, 0.5) is 0 Å². The van der Waals surface area contributed by atoms with Crippen molar-refractivity contribution in [1.29, 1.82) is 0 Å². The highest BCUT2D eigenvalue weighted by Crippen LogP contribution is 2.27. The number of thiazole rings is 1. The van der Waals surface area contributed by atoms with E-state index in [1.165, 1.54) is 0 Å². The van der Waals surface area contributed by atoms with Gasteiger partial charge < -0.3 is 0 Å². The highest BCUT2D eigenvalue weighted by molar-refractivity contribution is 7.98. The largest absolute Gasteiger partial charge is 0.277 e. The Hall–Kier alpha value is -2.51. The second-order valence-corrected chi connectivity index (χ2v) is 6.77. The van der Waals surface area contributed by atoms with Gasteiger partial charge in [-0.3, -0.25) is 9.55 Å². The van der Waals surface area contributed by atoms with E-state index < -0.39 is 0 Å². The van der Waals surface area contributed by atoms with E-state index >= 15 is 0 Å². The Morgan fingerprint density at radius 2 is 1.92 bits per heavy atom. The summed E-state index contributed by atoms with van der Waals surface area (Å²) in [6.07, 6.45) is 3.52. The Morgan fingerprint density at radius 1 is 1.04 bits per heavy atom. The first kappa shape index (κ1) is 15.0. The van der Waals surface area contributed by atoms with Crippen molar-refractivity contribution in [2.24, 2.45) is 0 Å². The standard InChI is InChI=1S/C17H13N5S2/c1-2-6-14(7-3-1)22-12-19-21-17(22)24-11-13-10-23-16(20-13)15-8-4-5-9-18-15/h1-10,12H,11H2. The average Bonchev–Trinajstić information content (AvgIpc) is 3.31. The van der Waals surface area contributed by atoms with Gasteiger partial charge in [0.2, 0.25) is 0 Å². The molecule has 0 saturated heterocycles. The third kappa shape index (κ3) is 3.22. The molecule has 118 valence electrons. The van der Waals surface area contributed by atoms with E-state index in [-0.39, 0.29) is 0 Å². The molecule has 0 aliphatic carbocycles. The van der Waals surface area contributed by atoms with Crippen molar-refractivity contribution in [2.75, 3.05) is 0 Å². The molecule has 5 nitrogen and oxygen atoms in total. The molecule has 1 aromatic carbocycles. The molecule has 0 spiro atoms. The maximum Gasteiger partial charge on any atom is 0.195 e. The number of nitrogens with zero attached hydrogens (tertiary/aromatic N) is 5. The number of hydrogen-bond donors (Lipinski definition) is 0. The normalized spacial score (nSPS) is 10.8. The van der Waals surface area contributed by atoms with Crippen LogP contribution in [0.1, 0.15) is 5.69 Å². The minimum atomic E-state index is 0.745. The Kier molecular flexibility index (Phi) is 4.35. The minimum absolute atomic E-state index is 0.745. The lowest BCUT2D eigenvalue weighted by Crippen LogP contribution is -1.95. The Labute approximate surface area is 147 Å². The van der Waals surface area contributed by atoms with Gasteiger partial charge in [0.25, 0.3) is 0 Å². The van der Waals surface area contributed by atoms with Gasteiger partial charge in [-0.2, -0.15) is 0 Å². The van der Waals surface area contributed by atoms with Crippen LogP contribution in [0.2, 0.25) is 0 Å². The highest BCUT2D eigenvalue weighted by atomic mass is 32.2. The SMILES string of the molecule is c1ccc(-n2cnnc2SCc2csc(-c3ccccn3)n2)cc1. The second kappa shape index (κ2) is 6.94. The van der Waals surface area contributed by atoms with Crippen LogP contribution < -0.4 is 0 Å². The third-order valence-corrected chi connectivity index (χ3v) is 5.23. The van der Waals surface area contributed by atoms with Crippen molar-refractivity contribution in [1.82, 2.24) is 24.7 Å². The summed E-state index contributed by atoms with van der Waals surface area (Å²) in [6, 6.07) is 15.9. The molecule has 24 heavy (non-hydrogen) atoms. The van der Waals surface area contributed by atoms with Gasteiger partial charge in [0, 0.05) is 23.0 Å². The van der Waals surface area contributed by atoms with Gasteiger partial charge in [0.15, 0.2) is 5.16 Å². The van der Waals surface area contributed by atoms with E-state index in [2.05, 4.69) is 25.5 Å². The third-order valence-electron chi connectivity index (χ3n) is 3.34. The number of benzene rings is 1. The Bertz CT molecular complexity index is 918. The number of para-hydroxylation sites is 1. The molecule has 7 heteroatoms. The molecular weight excluding hydrogens is 338 g/mol. The lowest BCUT2D eigenvalue weighted by Gasteiger charge is -2.04. The fraction of sp³-hybridized carbons (Fsp3) is 0.0588. The molecule has 3 aromatic heterocycles. The van der Waals surface area contributed by atoms with Gasteiger partial charge in [-0.15, -0.1) is 21.5 Å². The summed E-state index contributed by atoms with van der Waals surface area (Å²) in [5.41, 5.74) is 2.98. The topological polar surface area (TPSA) is 56.5 Å². The van der Waals surface area contributed by atoms with Crippen LogP contribution in [0.3, 0.4) is 0 Å². The number of hydrogen-bond acceptors (Lipinski definition) is 6. The summed E-state index contributed by atoms with van der Waals surface area (Å²) in [5.74, 6) is 0.745. The van der Waals surface area contributed by atoms with Crippen LogP contribution in [-0.4, -0.2) is 24.7 Å². The predicted octanol–water partition coefficient (Wildman–Crippen LogP) is 4.08. The van der Waals surface area contributed by atoms with Gasteiger partial charge in [0.1, 0.15) is 11.3 Å². The van der Waals surface area contributed by atoms with E-state index in [9.17, 15) is 0 Å². The van der Waals surface area contributed by atoms with Gasteiger partial charge >= 0.3 is 0 Å². The summed E-state index contributed by atoms with van der Waals surface area (Å²) >= 11 is 3.23. The fourth-order valence-electron chi connectivity index (χ4n) is 2.21. The fourth-order valence-corrected chi connectivity index (χ4v) is 3.93. The Balaban J connectivity index is 1.49. The molecule has 0 aliphatic heterocycles. The summed E-state index contributed by atoms with van der Waals surface area (Å²) in [5, 5.41) is 12.1. The van der Waals surface area contributed by atoms with Crippen molar-refractivity contribution in [3.8, 4) is 16.4 Å². The van der Waals surface area contributed by atoms with Gasteiger partial charge in [0.05, 0.1) is 11.4 Å². The van der Waals surface area contributed by atoms with Crippen LogP contribution in [0.5, 0.6) is 0 Å². The highest BCUT2D eigenvalue weighted by Gasteiger charge is 2.10. The summed E-state index contributed by atoms with van der Waals surface area (Å²) in [7, 11) is 0. The molecule has 0 aliphatic rings. The summed E-state index contributed by atoms with van der Waals surface area (Å²) < 4.78 is 1.98. The Morgan fingerprint density at radius 3 is 2.75 bits per heavy atom. The van der Waals surface area contributed by atoms with Crippen molar-refractivity contribution in [3.63, 3.8) is 0 Å². The lowest BCUT2D eigenvalue weighted by atomic mass is 10.3. The van der Waals surface area contributed by atoms with Crippen molar-refractivity contribution in [2.45, 2.75) is 10.9 Å². The first-order chi connectivity index (χ1) is 11.9. The first-order valence-electron chi connectivity index (χ1n) is 7.34. The van der Waals surface area contributed by atoms with E-state index in [4.69, 9.17) is 0 Å². The van der Waals surface area contributed by atoms with Crippen LogP contribution >= 0.6 is 23.1 Å². The zero-order valence-corrected chi connectivity index (χ0v) is 14.2. The predicted molar refractivity (Wildman–Crippen MR) is 96.3 cm³/mol. The summed E-state index contributed by atoms with van der Waals surface area (Å²) in [4.78, 5) is 9.00. The number of aromatic nitrogens is 5. The van der Waals surface area contributed by atoms with Crippen molar-refractivity contribution >= 4 is 23.1 Å². The smallest absolute Gasteiger partial charge is 0.195 e. The van der Waals surface area contributed by atoms with Gasteiger partial charge in [-0.25, -0.2) is 4.98 Å². The maximum atomic E-state index is 4.66. The summed E-state index contributed by atoms with van der Waals surface area (Å²) in [6.45, 7) is 0. The maximum absolute atomic E-state index is 4.66. The molecule has 0 saturated carbocycles. The molecule has 3 heterocycles. The number of pyridine rings is 1.